The molecule has 0 aromatic heterocycles. The molecular formula is C49H61N3O12. The first kappa shape index (κ1) is 46.2. The molecule has 4 heterocycles. The fourth-order valence-electron chi connectivity index (χ4n) is 9.41. The van der Waals surface area contributed by atoms with Gasteiger partial charge in [0.25, 0.3) is 11.7 Å². The van der Waals surface area contributed by atoms with E-state index in [4.69, 9.17) is 23.7 Å². The number of ketones is 1. The fraction of sp³-hybridized carbons (Fsp3) is 0.490. The highest BCUT2D eigenvalue weighted by Crippen LogP contribution is 2.60. The highest BCUT2D eigenvalue weighted by atomic mass is 16.7. The second-order valence-corrected chi connectivity index (χ2v) is 17.9. The second kappa shape index (κ2) is 18.4. The predicted molar refractivity (Wildman–Crippen MR) is 243 cm³/mol. The van der Waals surface area contributed by atoms with Crippen LogP contribution in [0.15, 0.2) is 54.3 Å². The highest BCUT2D eigenvalue weighted by Gasteiger charge is 2.50. The number of aliphatic hydroxyl groups is 2. The maximum absolute atomic E-state index is 14.8. The Kier molecular flexibility index (Phi) is 13.3. The zero-order valence-electron chi connectivity index (χ0n) is 38.0. The zero-order chi connectivity index (χ0) is 46.4. The number of methoxy groups -OCH3 is 1. The first-order chi connectivity index (χ1) is 30.4. The largest absolute Gasteiger partial charge is 0.507 e. The van der Waals surface area contributed by atoms with Crippen LogP contribution in [0.1, 0.15) is 90.1 Å². The van der Waals surface area contributed by atoms with E-state index in [1.165, 1.54) is 27.2 Å². The molecule has 4 aliphatic rings. The Labute approximate surface area is 373 Å². The smallest absolute Gasteiger partial charge is 0.312 e. The summed E-state index contributed by atoms with van der Waals surface area (Å²) in [6, 6.07) is 5.77. The van der Waals surface area contributed by atoms with Crippen molar-refractivity contribution in [2.45, 2.75) is 111 Å². The Morgan fingerprint density at radius 1 is 0.875 bits per heavy atom. The minimum absolute atomic E-state index is 0.00172. The third-order valence-electron chi connectivity index (χ3n) is 13.4. The SMILES string of the molecule is CO[C@H]1/C=C/O[C@@]2(C)Oc3c(C)c(O)c4c(O)c(c5c(c4c3C2=O)Nc2ccc(N3CCCCCC3)cc2O5)NC(=O)/C(C)=C\C=C\[C@@H](C)[C@H](O)[C@@H](C)[C@@H](O)[C@@H](C)[C@H](OC(C)=O)[C@@H]1C. The lowest BCUT2D eigenvalue weighted by atomic mass is 9.78. The van der Waals surface area contributed by atoms with Gasteiger partial charge in [-0.15, -0.1) is 0 Å². The number of rotatable bonds is 3. The van der Waals surface area contributed by atoms with Gasteiger partial charge in [0.15, 0.2) is 17.2 Å². The number of phenols is 2. The minimum Gasteiger partial charge on any atom is -0.507 e. The molecule has 1 saturated heterocycles. The number of nitrogens with one attached hydrogen (secondary N) is 2. The van der Waals surface area contributed by atoms with E-state index in [1.54, 1.807) is 65.8 Å². The first-order valence-corrected chi connectivity index (χ1v) is 22.1. The third-order valence-corrected chi connectivity index (χ3v) is 13.4. The summed E-state index contributed by atoms with van der Waals surface area (Å²) in [6.45, 7) is 14.6. The van der Waals surface area contributed by atoms with Crippen LogP contribution in [0.25, 0.3) is 10.8 Å². The van der Waals surface area contributed by atoms with E-state index in [0.717, 1.165) is 44.5 Å². The molecule has 6 N–H and O–H groups in total. The Hall–Kier alpha value is -5.77. The van der Waals surface area contributed by atoms with Crippen LogP contribution in [0.4, 0.5) is 22.7 Å². The van der Waals surface area contributed by atoms with Crippen molar-refractivity contribution in [3.8, 4) is 28.7 Å². The van der Waals surface area contributed by atoms with Gasteiger partial charge in [0.2, 0.25) is 0 Å². The second-order valence-electron chi connectivity index (χ2n) is 17.9. The number of carbonyl (C=O) groups is 3. The molecule has 344 valence electrons. The lowest BCUT2D eigenvalue weighted by Crippen LogP contribution is -2.46. The topological polar surface area (TPSA) is 206 Å². The number of amides is 1. The van der Waals surface area contributed by atoms with Crippen LogP contribution in [0.2, 0.25) is 0 Å². The predicted octanol–water partition coefficient (Wildman–Crippen LogP) is 8.28. The van der Waals surface area contributed by atoms with Crippen LogP contribution in [0.3, 0.4) is 0 Å². The monoisotopic (exact) mass is 883 g/mol. The average Bonchev–Trinajstić information content (AvgIpc) is 3.41. The van der Waals surface area contributed by atoms with Gasteiger partial charge in [-0.1, -0.05) is 58.8 Å². The number of hydrogen-bond acceptors (Lipinski definition) is 14. The van der Waals surface area contributed by atoms with Crippen LogP contribution in [-0.4, -0.2) is 88.5 Å². The standard InChI is InChI=1S/C49H61N3O12/c1-24-15-14-16-25(2)48(59)51-39-43(57)36-35(38-46(39)63-34-23-31(17-18-32(34)50-38)52-20-12-10-11-13-21-52)37-45(29(6)42(36)56)64-49(8,47(37)58)61-22-19-33(60-9)26(3)44(62-30(7)53)28(5)41(55)27(4)40(24)54/h14-19,22-24,26-28,33,40-41,44,50,54-57H,10-13,20-21H2,1-9H3,(H,51,59)/b15-14+,22-19+,25-16-/t24-,26-,27-,28-,33+,40+,41-,44-,49+/m1/s1. The molecule has 64 heavy (non-hydrogen) atoms. The number of allylic oxidation sites excluding steroid dienone is 2. The molecule has 0 spiro atoms. The molecule has 0 unspecified atom stereocenters. The Bertz CT molecular complexity index is 2420. The molecule has 7 rings (SSSR count). The molecule has 1 amide bonds. The summed E-state index contributed by atoms with van der Waals surface area (Å²) in [6.07, 6.45) is 8.29. The summed E-state index contributed by atoms with van der Waals surface area (Å²) in [5.74, 6) is -6.73. The molecule has 0 aliphatic carbocycles. The van der Waals surface area contributed by atoms with Crippen molar-refractivity contribution in [2.75, 3.05) is 35.7 Å². The van der Waals surface area contributed by atoms with Crippen molar-refractivity contribution < 1.29 is 58.5 Å². The van der Waals surface area contributed by atoms with E-state index >= 15 is 0 Å². The summed E-state index contributed by atoms with van der Waals surface area (Å²) in [5, 5.41) is 53.3. The van der Waals surface area contributed by atoms with Gasteiger partial charge in [-0.3, -0.25) is 14.4 Å². The average molecular weight is 884 g/mol. The number of carbonyl (C=O) groups excluding carboxylic acids is 3. The molecular weight excluding hydrogens is 823 g/mol. The van der Waals surface area contributed by atoms with Crippen molar-refractivity contribution >= 4 is 51.2 Å². The summed E-state index contributed by atoms with van der Waals surface area (Å²) in [7, 11) is 1.46. The van der Waals surface area contributed by atoms with E-state index in [-0.39, 0.29) is 50.3 Å². The van der Waals surface area contributed by atoms with E-state index in [2.05, 4.69) is 15.5 Å². The van der Waals surface area contributed by atoms with Gasteiger partial charge in [0.1, 0.15) is 23.3 Å². The van der Waals surface area contributed by atoms with Gasteiger partial charge in [-0.05, 0) is 44.9 Å². The number of benzene rings is 3. The number of aliphatic hydroxyl groups excluding tert-OH is 2. The Morgan fingerprint density at radius 3 is 2.25 bits per heavy atom. The Morgan fingerprint density at radius 2 is 1.58 bits per heavy atom. The number of hydrogen-bond donors (Lipinski definition) is 6. The number of nitrogens with zero attached hydrogens (tertiary/aromatic N) is 1. The molecule has 3 aromatic carbocycles. The fourth-order valence-corrected chi connectivity index (χ4v) is 9.41. The van der Waals surface area contributed by atoms with Gasteiger partial charge in [-0.2, -0.15) is 0 Å². The van der Waals surface area contributed by atoms with Crippen LogP contribution >= 0.6 is 0 Å². The van der Waals surface area contributed by atoms with Gasteiger partial charge in [0.05, 0.1) is 46.9 Å². The molecule has 0 radical (unpaired) electrons. The molecule has 15 heteroatoms. The van der Waals surface area contributed by atoms with Gasteiger partial charge in [0, 0.05) is 86.0 Å². The van der Waals surface area contributed by atoms with Gasteiger partial charge >= 0.3 is 11.8 Å². The van der Waals surface area contributed by atoms with Gasteiger partial charge in [-0.25, -0.2) is 0 Å². The first-order valence-electron chi connectivity index (χ1n) is 22.1. The molecule has 15 nitrogen and oxygen atoms in total. The van der Waals surface area contributed by atoms with E-state index in [1.807, 2.05) is 18.2 Å². The molecule has 0 saturated carbocycles. The molecule has 9 atom stereocenters. The maximum atomic E-state index is 14.8. The Balaban J connectivity index is 1.39. The molecule has 3 aromatic rings. The lowest BCUT2D eigenvalue weighted by Gasteiger charge is -2.38. The van der Waals surface area contributed by atoms with E-state index in [9.17, 15) is 34.8 Å². The van der Waals surface area contributed by atoms with Crippen molar-refractivity contribution in [1.29, 1.82) is 0 Å². The minimum atomic E-state index is -1.99. The van der Waals surface area contributed by atoms with Crippen molar-refractivity contribution in [2.24, 2.45) is 23.7 Å². The summed E-state index contributed by atoms with van der Waals surface area (Å²) >= 11 is 0. The van der Waals surface area contributed by atoms with E-state index in [0.29, 0.717) is 11.4 Å². The van der Waals surface area contributed by atoms with Crippen LogP contribution in [-0.2, 0) is 23.8 Å². The molecule has 4 bridgehead atoms. The van der Waals surface area contributed by atoms with Gasteiger partial charge < -0.3 is 59.6 Å². The third kappa shape index (κ3) is 8.48. The number of ether oxygens (including phenoxy) is 5. The maximum Gasteiger partial charge on any atom is 0.312 e. The van der Waals surface area contributed by atoms with Crippen LogP contribution in [0.5, 0.6) is 28.7 Å². The quantitative estimate of drug-likeness (QED) is 0.0651. The van der Waals surface area contributed by atoms with Crippen molar-refractivity contribution in [1.82, 2.24) is 0 Å². The van der Waals surface area contributed by atoms with E-state index < -0.39 is 83.0 Å². The van der Waals surface area contributed by atoms with Crippen LogP contribution < -0.4 is 25.0 Å². The zero-order valence-corrected chi connectivity index (χ0v) is 38.0. The number of esters is 1. The molecule has 4 aliphatic heterocycles. The van der Waals surface area contributed by atoms with Crippen LogP contribution in [0, 0.1) is 30.6 Å². The van der Waals surface area contributed by atoms with Crippen molar-refractivity contribution in [3.05, 3.63) is 65.5 Å². The highest BCUT2D eigenvalue weighted by molar-refractivity contribution is 6.25. The number of fused-ring (bicyclic) bond motifs is 2. The number of aromatic hydroxyl groups is 2. The summed E-state index contributed by atoms with van der Waals surface area (Å²) in [5.41, 5.74) is 1.90. The summed E-state index contributed by atoms with van der Waals surface area (Å²) < 4.78 is 30.7. The number of anilines is 4. The number of phenolic OH excluding ortho intramolecular Hbond substituents is 2. The van der Waals surface area contributed by atoms with Crippen molar-refractivity contribution in [3.63, 3.8) is 0 Å². The summed E-state index contributed by atoms with van der Waals surface area (Å²) in [4.78, 5) is 43.5. The molecule has 1 fully saturated rings. The normalized spacial score (nSPS) is 30.6. The number of Topliss-reactive ketones (excluding diaryl/α,β-unsaturated/α-hetero) is 1. The lowest BCUT2D eigenvalue weighted by molar-refractivity contribution is -0.160.